The largest absolute Gasteiger partial charge is 0.393 e. The van der Waals surface area contributed by atoms with E-state index in [1.807, 2.05) is 11.8 Å². The fourth-order valence-corrected chi connectivity index (χ4v) is 2.02. The van der Waals surface area contributed by atoms with Crippen LogP contribution in [0.25, 0.3) is 0 Å². The summed E-state index contributed by atoms with van der Waals surface area (Å²) >= 11 is 0. The Labute approximate surface area is 86.1 Å². The number of carbonyl (C=O) groups is 1. The van der Waals surface area contributed by atoms with Crippen molar-refractivity contribution in [1.29, 1.82) is 0 Å². The molecule has 14 heavy (non-hydrogen) atoms. The van der Waals surface area contributed by atoms with E-state index < -0.39 is 0 Å². The fourth-order valence-electron chi connectivity index (χ4n) is 2.02. The first kappa shape index (κ1) is 11.5. The molecular formula is C11H21NO2. The number of amides is 1. The van der Waals surface area contributed by atoms with Crippen molar-refractivity contribution in [3.8, 4) is 0 Å². The molecule has 0 saturated carbocycles. The summed E-state index contributed by atoms with van der Waals surface area (Å²) in [5.74, 6) is 0.530. The Morgan fingerprint density at radius 1 is 1.50 bits per heavy atom. The van der Waals surface area contributed by atoms with Gasteiger partial charge in [0.05, 0.1) is 6.10 Å². The predicted molar refractivity (Wildman–Crippen MR) is 55.9 cm³/mol. The van der Waals surface area contributed by atoms with Gasteiger partial charge >= 0.3 is 0 Å². The Morgan fingerprint density at radius 3 is 2.79 bits per heavy atom. The number of aliphatic hydroxyl groups excluding tert-OH is 1. The average molecular weight is 199 g/mol. The third kappa shape index (κ3) is 2.71. The van der Waals surface area contributed by atoms with Crippen LogP contribution >= 0.6 is 0 Å². The van der Waals surface area contributed by atoms with Crippen molar-refractivity contribution in [2.75, 3.05) is 13.1 Å². The minimum absolute atomic E-state index is 0.203. The van der Waals surface area contributed by atoms with Gasteiger partial charge < -0.3 is 10.0 Å². The summed E-state index contributed by atoms with van der Waals surface area (Å²) in [6, 6.07) is 0. The zero-order valence-corrected chi connectivity index (χ0v) is 9.20. The Morgan fingerprint density at radius 2 is 2.21 bits per heavy atom. The van der Waals surface area contributed by atoms with Crippen molar-refractivity contribution in [2.45, 2.75) is 45.6 Å². The molecule has 0 bridgehead atoms. The molecule has 82 valence electrons. The highest BCUT2D eigenvalue weighted by Gasteiger charge is 2.28. The maximum Gasteiger partial charge on any atom is 0.222 e. The quantitative estimate of drug-likeness (QED) is 0.746. The molecule has 2 atom stereocenters. The Kier molecular flexibility index (Phi) is 4.39. The minimum Gasteiger partial charge on any atom is -0.393 e. The molecule has 2 unspecified atom stereocenters. The van der Waals surface area contributed by atoms with Crippen molar-refractivity contribution in [3.05, 3.63) is 0 Å². The van der Waals surface area contributed by atoms with Crippen LogP contribution in [0.1, 0.15) is 39.5 Å². The summed E-state index contributed by atoms with van der Waals surface area (Å²) in [7, 11) is 0. The zero-order chi connectivity index (χ0) is 10.6. The number of hydrogen-bond donors (Lipinski definition) is 1. The molecule has 1 heterocycles. The van der Waals surface area contributed by atoms with E-state index >= 15 is 0 Å². The van der Waals surface area contributed by atoms with Gasteiger partial charge in [-0.2, -0.15) is 0 Å². The molecule has 0 radical (unpaired) electrons. The molecule has 0 spiro atoms. The average Bonchev–Trinajstić information content (AvgIpc) is 2.19. The van der Waals surface area contributed by atoms with Crippen LogP contribution in [-0.2, 0) is 4.79 Å². The SMILES string of the molecule is CCCC(=O)N1CCC(O)C(CC)C1. The van der Waals surface area contributed by atoms with Gasteiger partial charge in [0.25, 0.3) is 0 Å². The van der Waals surface area contributed by atoms with Gasteiger partial charge in [0.1, 0.15) is 0 Å². The van der Waals surface area contributed by atoms with Gasteiger partial charge in [-0.25, -0.2) is 0 Å². The fraction of sp³-hybridized carbons (Fsp3) is 0.909. The van der Waals surface area contributed by atoms with Gasteiger partial charge in [0.15, 0.2) is 0 Å². The molecule has 0 aromatic heterocycles. The zero-order valence-electron chi connectivity index (χ0n) is 9.20. The molecule has 3 heteroatoms. The van der Waals surface area contributed by atoms with Crippen molar-refractivity contribution in [2.24, 2.45) is 5.92 Å². The van der Waals surface area contributed by atoms with Crippen LogP contribution in [0.3, 0.4) is 0 Å². The van der Waals surface area contributed by atoms with Crippen LogP contribution in [0.4, 0.5) is 0 Å². The topological polar surface area (TPSA) is 40.5 Å². The third-order valence-corrected chi connectivity index (χ3v) is 3.03. The van der Waals surface area contributed by atoms with E-state index in [-0.39, 0.29) is 17.9 Å². The minimum atomic E-state index is -0.203. The van der Waals surface area contributed by atoms with E-state index in [2.05, 4.69) is 6.92 Å². The van der Waals surface area contributed by atoms with E-state index in [4.69, 9.17) is 0 Å². The van der Waals surface area contributed by atoms with Crippen LogP contribution in [0, 0.1) is 5.92 Å². The molecule has 1 aliphatic heterocycles. The van der Waals surface area contributed by atoms with Gasteiger partial charge in [-0.05, 0) is 19.3 Å². The van der Waals surface area contributed by atoms with E-state index in [1.54, 1.807) is 0 Å². The molecule has 1 saturated heterocycles. The summed E-state index contributed by atoms with van der Waals surface area (Å²) in [4.78, 5) is 13.5. The molecule has 1 rings (SSSR count). The lowest BCUT2D eigenvalue weighted by atomic mass is 9.92. The van der Waals surface area contributed by atoms with Crippen LogP contribution in [0.15, 0.2) is 0 Å². The number of piperidine rings is 1. The Bertz CT molecular complexity index is 194. The van der Waals surface area contributed by atoms with Crippen molar-refractivity contribution in [1.82, 2.24) is 4.90 Å². The van der Waals surface area contributed by atoms with Crippen LogP contribution < -0.4 is 0 Å². The maximum absolute atomic E-state index is 11.6. The van der Waals surface area contributed by atoms with Crippen LogP contribution in [0.5, 0.6) is 0 Å². The summed E-state index contributed by atoms with van der Waals surface area (Å²) < 4.78 is 0. The lowest BCUT2D eigenvalue weighted by Gasteiger charge is -2.35. The van der Waals surface area contributed by atoms with E-state index in [0.717, 1.165) is 32.4 Å². The Hall–Kier alpha value is -0.570. The third-order valence-electron chi connectivity index (χ3n) is 3.03. The lowest BCUT2D eigenvalue weighted by Crippen LogP contribution is -2.45. The molecule has 0 aliphatic carbocycles. The standard InChI is InChI=1S/C11H21NO2/c1-3-5-11(14)12-7-6-10(13)9(4-2)8-12/h9-10,13H,3-8H2,1-2H3. The molecule has 1 N–H and O–H groups in total. The van der Waals surface area contributed by atoms with E-state index in [1.165, 1.54) is 0 Å². The predicted octanol–water partition coefficient (Wildman–Crippen LogP) is 1.41. The van der Waals surface area contributed by atoms with Gasteiger partial charge in [0.2, 0.25) is 5.91 Å². The molecule has 3 nitrogen and oxygen atoms in total. The molecule has 1 aliphatic rings. The van der Waals surface area contributed by atoms with Gasteiger partial charge in [-0.3, -0.25) is 4.79 Å². The number of rotatable bonds is 3. The number of hydrogen-bond acceptors (Lipinski definition) is 2. The van der Waals surface area contributed by atoms with E-state index in [0.29, 0.717) is 6.42 Å². The lowest BCUT2D eigenvalue weighted by molar-refractivity contribution is -0.135. The second-order valence-electron chi connectivity index (χ2n) is 4.11. The van der Waals surface area contributed by atoms with Crippen LogP contribution in [0.2, 0.25) is 0 Å². The number of nitrogens with zero attached hydrogens (tertiary/aromatic N) is 1. The number of likely N-dealkylation sites (tertiary alicyclic amines) is 1. The van der Waals surface area contributed by atoms with Crippen LogP contribution in [-0.4, -0.2) is 35.1 Å². The van der Waals surface area contributed by atoms with E-state index in [9.17, 15) is 9.90 Å². The first-order valence-electron chi connectivity index (χ1n) is 5.64. The Balaban J connectivity index is 2.45. The monoisotopic (exact) mass is 199 g/mol. The number of carbonyl (C=O) groups excluding carboxylic acids is 1. The second-order valence-corrected chi connectivity index (χ2v) is 4.11. The normalized spacial score (nSPS) is 27.8. The van der Waals surface area contributed by atoms with Crippen molar-refractivity contribution >= 4 is 5.91 Å². The highest BCUT2D eigenvalue weighted by molar-refractivity contribution is 5.76. The molecule has 1 fully saturated rings. The van der Waals surface area contributed by atoms with Gasteiger partial charge in [0, 0.05) is 25.4 Å². The second kappa shape index (κ2) is 5.35. The summed E-state index contributed by atoms with van der Waals surface area (Å²) in [6.45, 7) is 5.57. The molecule has 1 amide bonds. The van der Waals surface area contributed by atoms with Gasteiger partial charge in [-0.15, -0.1) is 0 Å². The summed E-state index contributed by atoms with van der Waals surface area (Å²) in [5, 5.41) is 9.66. The summed E-state index contributed by atoms with van der Waals surface area (Å²) in [6.07, 6.45) is 3.05. The highest BCUT2D eigenvalue weighted by Crippen LogP contribution is 2.20. The van der Waals surface area contributed by atoms with Gasteiger partial charge in [-0.1, -0.05) is 13.8 Å². The smallest absolute Gasteiger partial charge is 0.222 e. The number of aliphatic hydroxyl groups is 1. The summed E-state index contributed by atoms with van der Waals surface area (Å²) in [5.41, 5.74) is 0. The molecule has 0 aromatic rings. The van der Waals surface area contributed by atoms with Crippen molar-refractivity contribution in [3.63, 3.8) is 0 Å². The molecular weight excluding hydrogens is 178 g/mol. The first-order valence-corrected chi connectivity index (χ1v) is 5.64. The molecule has 0 aromatic carbocycles. The maximum atomic E-state index is 11.6. The highest BCUT2D eigenvalue weighted by atomic mass is 16.3. The van der Waals surface area contributed by atoms with Crippen molar-refractivity contribution < 1.29 is 9.90 Å². The first-order chi connectivity index (χ1) is 6.69.